The minimum atomic E-state index is -3.20. The first kappa shape index (κ1) is 18.9. The summed E-state index contributed by atoms with van der Waals surface area (Å²) >= 11 is 0. The Bertz CT molecular complexity index is 783. The van der Waals surface area contributed by atoms with Gasteiger partial charge in [-0.2, -0.15) is 0 Å². The van der Waals surface area contributed by atoms with Gasteiger partial charge < -0.3 is 10.4 Å². The maximum Gasteiger partial charge on any atom is 0.307 e. The minimum Gasteiger partial charge on any atom is -0.481 e. The van der Waals surface area contributed by atoms with Crippen LogP contribution < -0.4 is 5.32 Å². The van der Waals surface area contributed by atoms with Gasteiger partial charge in [-0.1, -0.05) is 31.4 Å². The lowest BCUT2D eigenvalue weighted by Gasteiger charge is -2.31. The first-order chi connectivity index (χ1) is 12.4. The number of carbonyl (C=O) groups excluding carboxylic acids is 1. The molecule has 2 aliphatic carbocycles. The number of anilines is 1. The summed E-state index contributed by atoms with van der Waals surface area (Å²) in [7, 11) is -3.20. The van der Waals surface area contributed by atoms with Crippen molar-refractivity contribution >= 4 is 27.4 Å². The van der Waals surface area contributed by atoms with Crippen molar-refractivity contribution < 1.29 is 23.1 Å². The Hall–Kier alpha value is -1.89. The number of rotatable bonds is 6. The molecule has 1 amide bonds. The summed E-state index contributed by atoms with van der Waals surface area (Å²) in [5.41, 5.74) is 1.17. The van der Waals surface area contributed by atoms with Crippen molar-refractivity contribution in [2.45, 2.75) is 55.9 Å². The van der Waals surface area contributed by atoms with Gasteiger partial charge in [0.25, 0.3) is 0 Å². The molecule has 1 aromatic carbocycles. The Labute approximate surface area is 153 Å². The number of carboxylic acids is 1. The largest absolute Gasteiger partial charge is 0.481 e. The maximum atomic E-state index is 12.6. The van der Waals surface area contributed by atoms with Crippen LogP contribution in [0.15, 0.2) is 24.3 Å². The SMILES string of the molecule is O=C(O)C1CCC1C(=O)Nc1cccc(CS(=O)(=O)C2CCCCC2)c1. The summed E-state index contributed by atoms with van der Waals surface area (Å²) in [5.74, 6) is -2.41. The maximum absolute atomic E-state index is 12.6. The lowest BCUT2D eigenvalue weighted by atomic mass is 9.73. The van der Waals surface area contributed by atoms with Crippen molar-refractivity contribution in [2.24, 2.45) is 11.8 Å². The molecule has 2 aliphatic rings. The van der Waals surface area contributed by atoms with Crippen molar-refractivity contribution in [3.8, 4) is 0 Å². The predicted molar refractivity (Wildman–Crippen MR) is 98.4 cm³/mol. The Balaban J connectivity index is 1.64. The number of carboxylic acid groups (broad SMARTS) is 1. The Morgan fingerprint density at radius 3 is 2.35 bits per heavy atom. The van der Waals surface area contributed by atoms with Gasteiger partial charge in [0.05, 0.1) is 22.8 Å². The van der Waals surface area contributed by atoms with Crippen LogP contribution in [0, 0.1) is 11.8 Å². The van der Waals surface area contributed by atoms with Crippen molar-refractivity contribution in [3.05, 3.63) is 29.8 Å². The zero-order valence-electron chi connectivity index (χ0n) is 14.7. The quantitative estimate of drug-likeness (QED) is 0.791. The molecule has 2 unspecified atom stereocenters. The third-order valence-corrected chi connectivity index (χ3v) is 7.77. The van der Waals surface area contributed by atoms with Gasteiger partial charge in [0.2, 0.25) is 5.91 Å². The van der Waals surface area contributed by atoms with Crippen LogP contribution in [-0.2, 0) is 25.2 Å². The highest BCUT2D eigenvalue weighted by Crippen LogP contribution is 2.35. The minimum absolute atomic E-state index is 0.0252. The van der Waals surface area contributed by atoms with E-state index in [4.69, 9.17) is 5.11 Å². The first-order valence-electron chi connectivity index (χ1n) is 9.21. The van der Waals surface area contributed by atoms with E-state index in [1.54, 1.807) is 24.3 Å². The monoisotopic (exact) mass is 379 g/mol. The van der Waals surface area contributed by atoms with E-state index < -0.39 is 27.6 Å². The van der Waals surface area contributed by atoms with Gasteiger partial charge in [-0.15, -0.1) is 0 Å². The second-order valence-corrected chi connectivity index (χ2v) is 9.67. The second kappa shape index (κ2) is 7.78. The van der Waals surface area contributed by atoms with Crippen LogP contribution in [0.25, 0.3) is 0 Å². The first-order valence-corrected chi connectivity index (χ1v) is 10.9. The van der Waals surface area contributed by atoms with E-state index in [-0.39, 0.29) is 16.9 Å². The van der Waals surface area contributed by atoms with E-state index in [0.717, 1.165) is 32.1 Å². The molecule has 1 aromatic rings. The molecule has 0 bridgehead atoms. The van der Waals surface area contributed by atoms with Gasteiger partial charge in [-0.05, 0) is 43.4 Å². The number of sulfone groups is 1. The van der Waals surface area contributed by atoms with E-state index in [1.165, 1.54) is 0 Å². The average molecular weight is 379 g/mol. The number of hydrogen-bond acceptors (Lipinski definition) is 4. The van der Waals surface area contributed by atoms with Gasteiger partial charge in [0.1, 0.15) is 0 Å². The van der Waals surface area contributed by atoms with E-state index in [9.17, 15) is 18.0 Å². The fourth-order valence-electron chi connectivity index (χ4n) is 3.86. The van der Waals surface area contributed by atoms with Crippen LogP contribution in [0.2, 0.25) is 0 Å². The lowest BCUT2D eigenvalue weighted by molar-refractivity contribution is -0.151. The number of carbonyl (C=O) groups is 2. The molecule has 0 heterocycles. The number of aliphatic carboxylic acids is 1. The number of hydrogen-bond donors (Lipinski definition) is 2. The molecule has 142 valence electrons. The van der Waals surface area contributed by atoms with Crippen molar-refractivity contribution in [2.75, 3.05) is 5.32 Å². The van der Waals surface area contributed by atoms with E-state index in [2.05, 4.69) is 5.32 Å². The average Bonchev–Trinajstić information content (AvgIpc) is 2.54. The molecule has 2 N–H and O–H groups in total. The molecule has 0 aliphatic heterocycles. The van der Waals surface area contributed by atoms with E-state index >= 15 is 0 Å². The molecule has 7 heteroatoms. The van der Waals surface area contributed by atoms with Crippen LogP contribution in [0.3, 0.4) is 0 Å². The smallest absolute Gasteiger partial charge is 0.307 e. The Morgan fingerprint density at radius 1 is 1.04 bits per heavy atom. The highest BCUT2D eigenvalue weighted by molar-refractivity contribution is 7.91. The molecule has 2 saturated carbocycles. The van der Waals surface area contributed by atoms with Crippen molar-refractivity contribution in [1.82, 2.24) is 0 Å². The molecule has 2 atom stereocenters. The van der Waals surface area contributed by atoms with Gasteiger partial charge in [0.15, 0.2) is 9.84 Å². The normalized spacial score (nSPS) is 23.8. The third-order valence-electron chi connectivity index (χ3n) is 5.55. The fraction of sp³-hybridized carbons (Fsp3) is 0.579. The molecule has 3 rings (SSSR count). The van der Waals surface area contributed by atoms with Crippen molar-refractivity contribution in [1.29, 1.82) is 0 Å². The second-order valence-electron chi connectivity index (χ2n) is 7.39. The summed E-state index contributed by atoms with van der Waals surface area (Å²) in [6, 6.07) is 6.84. The van der Waals surface area contributed by atoms with Crippen LogP contribution in [0.4, 0.5) is 5.69 Å². The van der Waals surface area contributed by atoms with Crippen LogP contribution in [0.5, 0.6) is 0 Å². The molecular weight excluding hydrogens is 354 g/mol. The topological polar surface area (TPSA) is 101 Å². The Kier molecular flexibility index (Phi) is 5.65. The van der Waals surface area contributed by atoms with Crippen molar-refractivity contribution in [3.63, 3.8) is 0 Å². The van der Waals surface area contributed by atoms with Crippen LogP contribution in [0.1, 0.15) is 50.5 Å². The van der Waals surface area contributed by atoms with Gasteiger partial charge in [-0.25, -0.2) is 8.42 Å². The molecule has 0 radical (unpaired) electrons. The van der Waals surface area contributed by atoms with Crippen LogP contribution >= 0.6 is 0 Å². The summed E-state index contributed by atoms with van der Waals surface area (Å²) in [5, 5.41) is 11.5. The predicted octanol–water partition coefficient (Wildman–Crippen LogP) is 2.98. The zero-order chi connectivity index (χ0) is 18.7. The number of amides is 1. The molecule has 6 nitrogen and oxygen atoms in total. The lowest BCUT2D eigenvalue weighted by Crippen LogP contribution is -2.41. The summed E-state index contributed by atoms with van der Waals surface area (Å²) in [6.45, 7) is 0. The van der Waals surface area contributed by atoms with Gasteiger partial charge in [-0.3, -0.25) is 9.59 Å². The molecular formula is C19H25NO5S. The number of nitrogens with one attached hydrogen (secondary N) is 1. The van der Waals surface area contributed by atoms with Gasteiger partial charge >= 0.3 is 5.97 Å². The molecule has 0 spiro atoms. The molecule has 2 fully saturated rings. The zero-order valence-corrected chi connectivity index (χ0v) is 15.5. The fourth-order valence-corrected chi connectivity index (χ4v) is 5.79. The van der Waals surface area contributed by atoms with E-state index in [0.29, 0.717) is 24.1 Å². The Morgan fingerprint density at radius 2 is 1.73 bits per heavy atom. The number of benzene rings is 1. The summed E-state index contributed by atoms with van der Waals surface area (Å²) in [4.78, 5) is 23.3. The molecule has 0 aromatic heterocycles. The highest BCUT2D eigenvalue weighted by atomic mass is 32.2. The standard InChI is InChI=1S/C19H25NO5S/c21-18(16-9-10-17(16)19(22)23)20-14-6-4-5-13(11-14)12-26(24,25)15-7-2-1-3-8-15/h4-6,11,15-17H,1-3,7-10,12H2,(H,20,21)(H,22,23). The van der Waals surface area contributed by atoms with E-state index in [1.807, 2.05) is 0 Å². The molecule has 0 saturated heterocycles. The van der Waals surface area contributed by atoms with Crippen LogP contribution in [-0.4, -0.2) is 30.7 Å². The molecule has 26 heavy (non-hydrogen) atoms. The van der Waals surface area contributed by atoms with Gasteiger partial charge in [0, 0.05) is 5.69 Å². The third kappa shape index (κ3) is 4.26. The highest BCUT2D eigenvalue weighted by Gasteiger charge is 2.41. The summed E-state index contributed by atoms with van der Waals surface area (Å²) < 4.78 is 25.2. The summed E-state index contributed by atoms with van der Waals surface area (Å²) in [6.07, 6.45) is 5.59.